The van der Waals surface area contributed by atoms with Gasteiger partial charge in [0.15, 0.2) is 0 Å². The minimum Gasteiger partial charge on any atom is -0.354 e. The summed E-state index contributed by atoms with van der Waals surface area (Å²) in [6.07, 6.45) is 3.44. The standard InChI is InChI=1S/C11H17N5O3S/c1-2-3-13-11-14-6-9(7-15-11)20(18,19)16-5-4-12-10(17)8-16/h6-7H,2-5,8H2,1H3,(H,12,17)(H,13,14,15). The molecule has 0 bridgehead atoms. The number of aromatic nitrogens is 2. The Morgan fingerprint density at radius 1 is 1.40 bits per heavy atom. The molecule has 0 radical (unpaired) electrons. The summed E-state index contributed by atoms with van der Waals surface area (Å²) in [5, 5.41) is 5.55. The number of hydrogen-bond donors (Lipinski definition) is 2. The van der Waals surface area contributed by atoms with Crippen LogP contribution in [-0.2, 0) is 14.8 Å². The normalized spacial score (nSPS) is 16.8. The summed E-state index contributed by atoms with van der Waals surface area (Å²) >= 11 is 0. The van der Waals surface area contributed by atoms with Crippen LogP contribution < -0.4 is 10.6 Å². The quantitative estimate of drug-likeness (QED) is 0.754. The fourth-order valence-electron chi connectivity index (χ4n) is 1.75. The van der Waals surface area contributed by atoms with Gasteiger partial charge in [-0.1, -0.05) is 6.92 Å². The molecule has 1 aliphatic rings. The molecular formula is C11H17N5O3S. The molecule has 8 nitrogen and oxygen atoms in total. The van der Waals surface area contributed by atoms with Crippen molar-refractivity contribution in [2.75, 3.05) is 31.5 Å². The second-order valence-electron chi connectivity index (χ2n) is 4.36. The van der Waals surface area contributed by atoms with Gasteiger partial charge in [0.1, 0.15) is 4.90 Å². The predicted molar refractivity (Wildman–Crippen MR) is 72.6 cm³/mol. The molecule has 0 spiro atoms. The summed E-state index contributed by atoms with van der Waals surface area (Å²) in [4.78, 5) is 19.2. The van der Waals surface area contributed by atoms with Crippen molar-refractivity contribution in [2.24, 2.45) is 0 Å². The molecule has 0 atom stereocenters. The van der Waals surface area contributed by atoms with E-state index in [1.54, 1.807) is 0 Å². The Morgan fingerprint density at radius 3 is 2.70 bits per heavy atom. The smallest absolute Gasteiger partial charge is 0.246 e. The van der Waals surface area contributed by atoms with Crippen molar-refractivity contribution >= 4 is 21.9 Å². The molecule has 1 fully saturated rings. The predicted octanol–water partition coefficient (Wildman–Crippen LogP) is -0.581. The van der Waals surface area contributed by atoms with Crippen molar-refractivity contribution < 1.29 is 13.2 Å². The Kier molecular flexibility index (Phi) is 4.50. The number of carbonyl (C=O) groups excluding carboxylic acids is 1. The van der Waals surface area contributed by atoms with E-state index in [0.29, 0.717) is 12.5 Å². The summed E-state index contributed by atoms with van der Waals surface area (Å²) in [5.74, 6) is 0.0872. The van der Waals surface area contributed by atoms with Crippen LogP contribution in [0.25, 0.3) is 0 Å². The van der Waals surface area contributed by atoms with Gasteiger partial charge in [0, 0.05) is 19.6 Å². The van der Waals surface area contributed by atoms with Crippen molar-refractivity contribution in [3.05, 3.63) is 12.4 Å². The zero-order valence-corrected chi connectivity index (χ0v) is 12.0. The number of sulfonamides is 1. The maximum Gasteiger partial charge on any atom is 0.246 e. The molecule has 2 heterocycles. The first-order chi connectivity index (χ1) is 9.54. The average Bonchev–Trinajstić information content (AvgIpc) is 2.45. The molecule has 0 aromatic carbocycles. The van der Waals surface area contributed by atoms with Crippen LogP contribution in [-0.4, -0.2) is 54.8 Å². The third-order valence-corrected chi connectivity index (χ3v) is 4.60. The molecule has 0 saturated carbocycles. The molecule has 9 heteroatoms. The third kappa shape index (κ3) is 3.23. The molecule has 0 aliphatic carbocycles. The van der Waals surface area contributed by atoms with E-state index in [-0.39, 0.29) is 23.9 Å². The highest BCUT2D eigenvalue weighted by molar-refractivity contribution is 7.89. The van der Waals surface area contributed by atoms with Gasteiger partial charge >= 0.3 is 0 Å². The lowest BCUT2D eigenvalue weighted by Crippen LogP contribution is -2.49. The maximum absolute atomic E-state index is 12.3. The van der Waals surface area contributed by atoms with Gasteiger partial charge in [0.25, 0.3) is 0 Å². The van der Waals surface area contributed by atoms with Crippen molar-refractivity contribution in [1.82, 2.24) is 19.6 Å². The van der Waals surface area contributed by atoms with Crippen LogP contribution in [0, 0.1) is 0 Å². The molecule has 1 aromatic heterocycles. The van der Waals surface area contributed by atoms with Crippen LogP contribution in [0.4, 0.5) is 5.95 Å². The van der Waals surface area contributed by atoms with Gasteiger partial charge in [-0.25, -0.2) is 18.4 Å². The summed E-state index contributed by atoms with van der Waals surface area (Å²) < 4.78 is 25.7. The van der Waals surface area contributed by atoms with Crippen molar-refractivity contribution in [3.63, 3.8) is 0 Å². The monoisotopic (exact) mass is 299 g/mol. The molecule has 110 valence electrons. The number of carbonyl (C=O) groups is 1. The largest absolute Gasteiger partial charge is 0.354 e. The van der Waals surface area contributed by atoms with E-state index >= 15 is 0 Å². The van der Waals surface area contributed by atoms with E-state index in [4.69, 9.17) is 0 Å². The highest BCUT2D eigenvalue weighted by Gasteiger charge is 2.29. The van der Waals surface area contributed by atoms with Crippen LogP contribution in [0.3, 0.4) is 0 Å². The summed E-state index contributed by atoms with van der Waals surface area (Å²) in [7, 11) is -3.71. The number of rotatable bonds is 5. The van der Waals surface area contributed by atoms with E-state index < -0.39 is 10.0 Å². The van der Waals surface area contributed by atoms with E-state index in [1.807, 2.05) is 6.92 Å². The van der Waals surface area contributed by atoms with Crippen molar-refractivity contribution in [2.45, 2.75) is 18.2 Å². The molecule has 2 rings (SSSR count). The first-order valence-corrected chi connectivity index (χ1v) is 7.81. The molecule has 1 amide bonds. The highest BCUT2D eigenvalue weighted by Crippen LogP contribution is 2.15. The second kappa shape index (κ2) is 6.14. The van der Waals surface area contributed by atoms with Gasteiger partial charge < -0.3 is 10.6 Å². The second-order valence-corrected chi connectivity index (χ2v) is 6.30. The SMILES string of the molecule is CCCNc1ncc(S(=O)(=O)N2CCNC(=O)C2)cn1. The van der Waals surface area contributed by atoms with E-state index in [0.717, 1.165) is 17.3 Å². The summed E-state index contributed by atoms with van der Waals surface area (Å²) in [6.45, 7) is 3.13. The van der Waals surface area contributed by atoms with Gasteiger partial charge in [-0.15, -0.1) is 0 Å². The van der Waals surface area contributed by atoms with Crippen LogP contribution >= 0.6 is 0 Å². The number of piperazine rings is 1. The van der Waals surface area contributed by atoms with Crippen LogP contribution in [0.2, 0.25) is 0 Å². The average molecular weight is 299 g/mol. The molecule has 0 unspecified atom stereocenters. The minimum atomic E-state index is -3.71. The zero-order valence-electron chi connectivity index (χ0n) is 11.2. The van der Waals surface area contributed by atoms with Crippen LogP contribution in [0.15, 0.2) is 17.3 Å². The Balaban J connectivity index is 2.14. The Bertz CT molecular complexity index is 572. The van der Waals surface area contributed by atoms with Crippen LogP contribution in [0.5, 0.6) is 0 Å². The molecular weight excluding hydrogens is 282 g/mol. The highest BCUT2D eigenvalue weighted by atomic mass is 32.2. The Labute approximate surface area is 117 Å². The van der Waals surface area contributed by atoms with Gasteiger partial charge in [0.05, 0.1) is 18.9 Å². The molecule has 1 saturated heterocycles. The van der Waals surface area contributed by atoms with E-state index in [9.17, 15) is 13.2 Å². The van der Waals surface area contributed by atoms with E-state index in [2.05, 4.69) is 20.6 Å². The zero-order chi connectivity index (χ0) is 14.6. The van der Waals surface area contributed by atoms with Crippen molar-refractivity contribution in [1.29, 1.82) is 0 Å². The Morgan fingerprint density at radius 2 is 2.10 bits per heavy atom. The molecule has 1 aliphatic heterocycles. The lowest BCUT2D eigenvalue weighted by molar-refractivity contribution is -0.122. The minimum absolute atomic E-state index is 0.00533. The van der Waals surface area contributed by atoms with E-state index in [1.165, 1.54) is 12.4 Å². The number of nitrogens with one attached hydrogen (secondary N) is 2. The number of anilines is 1. The first-order valence-electron chi connectivity index (χ1n) is 6.37. The lowest BCUT2D eigenvalue weighted by atomic mass is 10.4. The number of amides is 1. The van der Waals surface area contributed by atoms with Gasteiger partial charge in [-0.2, -0.15) is 4.31 Å². The summed E-state index contributed by atoms with van der Waals surface area (Å²) in [6, 6.07) is 0. The molecule has 2 N–H and O–H groups in total. The Hall–Kier alpha value is -1.74. The topological polar surface area (TPSA) is 104 Å². The van der Waals surface area contributed by atoms with Gasteiger partial charge in [-0.05, 0) is 6.42 Å². The molecule has 1 aromatic rings. The number of hydrogen-bond acceptors (Lipinski definition) is 6. The maximum atomic E-state index is 12.3. The van der Waals surface area contributed by atoms with Crippen molar-refractivity contribution in [3.8, 4) is 0 Å². The third-order valence-electron chi connectivity index (χ3n) is 2.80. The van der Waals surface area contributed by atoms with Crippen LogP contribution in [0.1, 0.15) is 13.3 Å². The van der Waals surface area contributed by atoms with Gasteiger partial charge in [0.2, 0.25) is 21.9 Å². The van der Waals surface area contributed by atoms with Gasteiger partial charge in [-0.3, -0.25) is 4.79 Å². The first kappa shape index (κ1) is 14.7. The number of nitrogens with zero attached hydrogens (tertiary/aromatic N) is 3. The fraction of sp³-hybridized carbons (Fsp3) is 0.545. The fourth-order valence-corrected chi connectivity index (χ4v) is 3.04. The summed E-state index contributed by atoms with van der Waals surface area (Å²) in [5.41, 5.74) is 0. The lowest BCUT2D eigenvalue weighted by Gasteiger charge is -2.25. The molecule has 20 heavy (non-hydrogen) atoms.